The molecular formula is C19H19ClN6O6S. The third-order valence-electron chi connectivity index (χ3n) is 4.77. The number of esters is 1. The second-order valence-electron chi connectivity index (χ2n) is 7.02. The number of rotatable bonds is 6. The summed E-state index contributed by atoms with van der Waals surface area (Å²) in [6.07, 6.45) is 1.53. The number of ether oxygens (including phenoxy) is 2. The molecule has 0 bridgehead atoms. The number of aromatic nitrogens is 4. The number of morpholine rings is 1. The predicted octanol–water partition coefficient (Wildman–Crippen LogP) is 0.903. The van der Waals surface area contributed by atoms with Gasteiger partial charge in [-0.15, -0.1) is 5.10 Å². The zero-order valence-corrected chi connectivity index (χ0v) is 19.0. The van der Waals surface area contributed by atoms with E-state index in [9.17, 15) is 18.0 Å². The van der Waals surface area contributed by atoms with Crippen molar-refractivity contribution in [3.63, 3.8) is 0 Å². The lowest BCUT2D eigenvalue weighted by molar-refractivity contribution is -0.119. The molecule has 3 aromatic rings. The molecule has 174 valence electrons. The van der Waals surface area contributed by atoms with Crippen molar-refractivity contribution >= 4 is 45.0 Å². The van der Waals surface area contributed by atoms with Crippen molar-refractivity contribution in [2.24, 2.45) is 0 Å². The number of hydrogen-bond donors (Lipinski definition) is 1. The summed E-state index contributed by atoms with van der Waals surface area (Å²) >= 11 is 6.11. The van der Waals surface area contributed by atoms with Crippen LogP contribution in [-0.4, -0.2) is 77.1 Å². The fraction of sp³-hybridized carbons (Fsp3) is 0.316. The van der Waals surface area contributed by atoms with Crippen LogP contribution in [0.2, 0.25) is 5.02 Å². The predicted molar refractivity (Wildman–Crippen MR) is 115 cm³/mol. The SMILES string of the molecule is Cc1ccnc2nc(C(=O)OCC(=O)Nc3cc(S(=O)(=O)N4CCOCC4)ccc3Cl)nn12. The van der Waals surface area contributed by atoms with E-state index in [1.807, 2.05) is 0 Å². The van der Waals surface area contributed by atoms with Gasteiger partial charge in [-0.2, -0.15) is 9.29 Å². The Morgan fingerprint density at radius 2 is 2.00 bits per heavy atom. The molecule has 1 N–H and O–H groups in total. The summed E-state index contributed by atoms with van der Waals surface area (Å²) in [5, 5.41) is 6.58. The molecule has 0 saturated carbocycles. The van der Waals surface area contributed by atoms with Gasteiger partial charge in [0, 0.05) is 25.0 Å². The van der Waals surface area contributed by atoms with Crippen molar-refractivity contribution < 1.29 is 27.5 Å². The lowest BCUT2D eigenvalue weighted by atomic mass is 10.3. The number of hydrogen-bond acceptors (Lipinski definition) is 9. The molecule has 33 heavy (non-hydrogen) atoms. The summed E-state index contributed by atoms with van der Waals surface area (Å²) in [5.41, 5.74) is 0.781. The Hall–Kier alpha value is -3.13. The van der Waals surface area contributed by atoms with Gasteiger partial charge in [0.05, 0.1) is 28.8 Å². The van der Waals surface area contributed by atoms with Crippen molar-refractivity contribution in [3.05, 3.63) is 47.0 Å². The molecule has 1 fully saturated rings. The van der Waals surface area contributed by atoms with Gasteiger partial charge in [-0.25, -0.2) is 22.7 Å². The molecule has 12 nitrogen and oxygen atoms in total. The maximum atomic E-state index is 12.8. The Labute approximate surface area is 193 Å². The Balaban J connectivity index is 1.42. The number of sulfonamides is 1. The largest absolute Gasteiger partial charge is 0.450 e. The van der Waals surface area contributed by atoms with Crippen LogP contribution in [-0.2, 0) is 24.3 Å². The second kappa shape index (κ2) is 9.39. The van der Waals surface area contributed by atoms with Gasteiger partial charge in [0.25, 0.3) is 17.5 Å². The van der Waals surface area contributed by atoms with Gasteiger partial charge < -0.3 is 14.8 Å². The van der Waals surface area contributed by atoms with Crippen LogP contribution in [0.4, 0.5) is 5.69 Å². The topological polar surface area (TPSA) is 145 Å². The summed E-state index contributed by atoms with van der Waals surface area (Å²) < 4.78 is 38.5. The number of carbonyl (C=O) groups excluding carboxylic acids is 2. The van der Waals surface area contributed by atoms with Crippen LogP contribution in [0.5, 0.6) is 0 Å². The zero-order valence-electron chi connectivity index (χ0n) is 17.4. The lowest BCUT2D eigenvalue weighted by Gasteiger charge is -2.26. The first-order valence-corrected chi connectivity index (χ1v) is 11.6. The van der Waals surface area contributed by atoms with Crippen LogP contribution in [0.1, 0.15) is 16.3 Å². The van der Waals surface area contributed by atoms with Crippen LogP contribution in [0, 0.1) is 6.92 Å². The minimum Gasteiger partial charge on any atom is -0.450 e. The average molecular weight is 495 g/mol. The van der Waals surface area contributed by atoms with E-state index in [0.29, 0.717) is 18.9 Å². The van der Waals surface area contributed by atoms with E-state index in [1.165, 1.54) is 33.2 Å². The standard InChI is InChI=1S/C19H19ClN6O6S/c1-12-4-5-21-19-23-17(24-26(12)19)18(28)32-11-16(27)22-15-10-13(2-3-14(15)20)33(29,30)25-6-8-31-9-7-25/h2-5,10H,6-9,11H2,1H3,(H,22,27). The van der Waals surface area contributed by atoms with Gasteiger partial charge in [0.1, 0.15) is 0 Å². The number of halogens is 1. The molecule has 4 rings (SSSR count). The summed E-state index contributed by atoms with van der Waals surface area (Å²) in [6, 6.07) is 5.67. The van der Waals surface area contributed by atoms with Crippen molar-refractivity contribution in [2.45, 2.75) is 11.8 Å². The molecule has 1 saturated heterocycles. The molecule has 0 atom stereocenters. The first-order chi connectivity index (χ1) is 15.8. The third-order valence-corrected chi connectivity index (χ3v) is 6.99. The molecule has 1 amide bonds. The molecule has 14 heteroatoms. The van der Waals surface area contributed by atoms with Crippen LogP contribution in [0.15, 0.2) is 35.4 Å². The lowest BCUT2D eigenvalue weighted by Crippen LogP contribution is -2.40. The van der Waals surface area contributed by atoms with E-state index in [4.69, 9.17) is 21.1 Å². The van der Waals surface area contributed by atoms with Gasteiger partial charge >= 0.3 is 5.97 Å². The molecular weight excluding hydrogens is 476 g/mol. The number of aryl methyl sites for hydroxylation is 1. The molecule has 3 heterocycles. The summed E-state index contributed by atoms with van der Waals surface area (Å²) in [5.74, 6) is -1.66. The molecule has 2 aromatic heterocycles. The zero-order chi connectivity index (χ0) is 23.6. The highest BCUT2D eigenvalue weighted by Gasteiger charge is 2.27. The smallest absolute Gasteiger partial charge is 0.378 e. The average Bonchev–Trinajstić information content (AvgIpc) is 3.25. The number of fused-ring (bicyclic) bond motifs is 1. The normalized spacial score (nSPS) is 14.8. The number of nitrogens with one attached hydrogen (secondary N) is 1. The van der Waals surface area contributed by atoms with E-state index in [-0.39, 0.29) is 40.3 Å². The fourth-order valence-electron chi connectivity index (χ4n) is 3.07. The van der Waals surface area contributed by atoms with Gasteiger partial charge in [0.15, 0.2) is 6.61 Å². The van der Waals surface area contributed by atoms with Gasteiger partial charge in [-0.3, -0.25) is 4.79 Å². The van der Waals surface area contributed by atoms with Crippen molar-refractivity contribution in [1.29, 1.82) is 0 Å². The highest BCUT2D eigenvalue weighted by atomic mass is 35.5. The minimum absolute atomic E-state index is 0.0298. The summed E-state index contributed by atoms with van der Waals surface area (Å²) in [6.45, 7) is 2.18. The maximum absolute atomic E-state index is 12.8. The van der Waals surface area contributed by atoms with Crippen molar-refractivity contribution in [3.8, 4) is 0 Å². The number of amides is 1. The van der Waals surface area contributed by atoms with Crippen LogP contribution in [0.25, 0.3) is 5.78 Å². The first-order valence-electron chi connectivity index (χ1n) is 9.78. The summed E-state index contributed by atoms with van der Waals surface area (Å²) in [7, 11) is -3.78. The number of benzene rings is 1. The van der Waals surface area contributed by atoms with E-state index in [1.54, 1.807) is 13.0 Å². The highest BCUT2D eigenvalue weighted by molar-refractivity contribution is 7.89. The first kappa shape index (κ1) is 23.0. The van der Waals surface area contributed by atoms with E-state index >= 15 is 0 Å². The second-order valence-corrected chi connectivity index (χ2v) is 9.36. The van der Waals surface area contributed by atoms with Gasteiger partial charge in [-0.05, 0) is 31.2 Å². The van der Waals surface area contributed by atoms with E-state index < -0.39 is 28.5 Å². The maximum Gasteiger partial charge on any atom is 0.378 e. The molecule has 1 aromatic carbocycles. The number of carbonyl (C=O) groups is 2. The quantitative estimate of drug-likeness (QED) is 0.494. The van der Waals surface area contributed by atoms with E-state index in [0.717, 1.165) is 0 Å². The van der Waals surface area contributed by atoms with E-state index in [2.05, 4.69) is 20.4 Å². The Morgan fingerprint density at radius 3 is 2.73 bits per heavy atom. The molecule has 0 unspecified atom stereocenters. The van der Waals surface area contributed by atoms with Crippen molar-refractivity contribution in [2.75, 3.05) is 38.2 Å². The van der Waals surface area contributed by atoms with Crippen molar-refractivity contribution in [1.82, 2.24) is 23.9 Å². The monoisotopic (exact) mass is 494 g/mol. The Bertz CT molecular complexity index is 1320. The van der Waals surface area contributed by atoms with Gasteiger partial charge in [-0.1, -0.05) is 11.6 Å². The molecule has 1 aliphatic heterocycles. The number of anilines is 1. The minimum atomic E-state index is -3.78. The van der Waals surface area contributed by atoms with Crippen LogP contribution in [0.3, 0.4) is 0 Å². The molecule has 0 aliphatic carbocycles. The number of nitrogens with zero attached hydrogens (tertiary/aromatic N) is 5. The third kappa shape index (κ3) is 4.95. The Kier molecular flexibility index (Phi) is 6.56. The molecule has 0 spiro atoms. The fourth-order valence-corrected chi connectivity index (χ4v) is 4.67. The van der Waals surface area contributed by atoms with Gasteiger partial charge in [0.2, 0.25) is 10.0 Å². The van der Waals surface area contributed by atoms with Crippen LogP contribution < -0.4 is 5.32 Å². The Morgan fingerprint density at radius 1 is 1.24 bits per heavy atom. The highest BCUT2D eigenvalue weighted by Crippen LogP contribution is 2.27. The molecule has 1 aliphatic rings. The van der Waals surface area contributed by atoms with Crippen LogP contribution >= 0.6 is 11.6 Å². The molecule has 0 radical (unpaired) electrons. The summed E-state index contributed by atoms with van der Waals surface area (Å²) in [4.78, 5) is 32.5.